The Hall–Kier alpha value is -4.19. The van der Waals surface area contributed by atoms with Gasteiger partial charge in [0.1, 0.15) is 18.8 Å². The van der Waals surface area contributed by atoms with Crippen LogP contribution in [0, 0.1) is 13.8 Å². The standard InChI is InChI=1S/C25H29N5O8/c1-5-35-19(31)11-12-29-22(32)16(4)13-30(25(29)34)23-21(36-6-2)20(27-28-26)18(38-23)14-37-24(33)17-9-7-15(3)8-10-17/h7-13,18,20-21,23H,5-6,14H2,1-4H3/b12-11+/t18-,20?,21-,23-/m1/s1. The van der Waals surface area contributed by atoms with Gasteiger partial charge in [0.25, 0.3) is 5.56 Å². The molecule has 1 aliphatic rings. The smallest absolute Gasteiger partial charge is 0.338 e. The van der Waals surface area contributed by atoms with Gasteiger partial charge in [-0.15, -0.1) is 0 Å². The van der Waals surface area contributed by atoms with Crippen LogP contribution in [0.15, 0.2) is 51.2 Å². The number of nitrogens with zero attached hydrogens (tertiary/aromatic N) is 5. The molecule has 1 aromatic carbocycles. The molecule has 0 amide bonds. The lowest BCUT2D eigenvalue weighted by Crippen LogP contribution is -2.43. The van der Waals surface area contributed by atoms with Crippen molar-refractivity contribution in [2.75, 3.05) is 19.8 Å². The van der Waals surface area contributed by atoms with E-state index in [2.05, 4.69) is 10.0 Å². The van der Waals surface area contributed by atoms with E-state index in [1.807, 2.05) is 6.92 Å². The predicted molar refractivity (Wildman–Crippen MR) is 135 cm³/mol. The second kappa shape index (κ2) is 12.9. The molecule has 1 aromatic heterocycles. The number of hydrogen-bond acceptors (Lipinski definition) is 9. The lowest BCUT2D eigenvalue weighted by molar-refractivity contribution is -0.137. The van der Waals surface area contributed by atoms with Gasteiger partial charge in [0, 0.05) is 35.6 Å². The quantitative estimate of drug-likeness (QED) is 0.149. The van der Waals surface area contributed by atoms with Crippen molar-refractivity contribution in [1.29, 1.82) is 0 Å². The van der Waals surface area contributed by atoms with Crippen molar-refractivity contribution in [2.24, 2.45) is 5.11 Å². The van der Waals surface area contributed by atoms with Crippen molar-refractivity contribution in [2.45, 2.75) is 52.2 Å². The monoisotopic (exact) mass is 527 g/mol. The first-order valence-electron chi connectivity index (χ1n) is 12.0. The molecule has 13 nitrogen and oxygen atoms in total. The Balaban J connectivity index is 1.95. The normalized spacial score (nSPS) is 20.7. The van der Waals surface area contributed by atoms with Crippen LogP contribution in [0.2, 0.25) is 0 Å². The Bertz CT molecular complexity index is 1360. The van der Waals surface area contributed by atoms with E-state index in [9.17, 15) is 24.7 Å². The van der Waals surface area contributed by atoms with Crippen molar-refractivity contribution in [3.8, 4) is 0 Å². The average Bonchev–Trinajstić information content (AvgIpc) is 3.22. The second-order valence-corrected chi connectivity index (χ2v) is 8.39. The van der Waals surface area contributed by atoms with Crippen LogP contribution in [-0.2, 0) is 23.7 Å². The summed E-state index contributed by atoms with van der Waals surface area (Å²) < 4.78 is 23.9. The molecule has 0 N–H and O–H groups in total. The highest BCUT2D eigenvalue weighted by Gasteiger charge is 2.47. The molecule has 3 rings (SSSR count). The zero-order valence-corrected chi connectivity index (χ0v) is 21.5. The zero-order valence-electron chi connectivity index (χ0n) is 21.5. The molecule has 0 radical (unpaired) electrons. The maximum absolute atomic E-state index is 13.3. The van der Waals surface area contributed by atoms with E-state index in [0.717, 1.165) is 27.0 Å². The summed E-state index contributed by atoms with van der Waals surface area (Å²) in [5, 5.41) is 3.80. The number of rotatable bonds is 10. The number of azide groups is 1. The molecule has 1 unspecified atom stereocenters. The van der Waals surface area contributed by atoms with Crippen LogP contribution >= 0.6 is 0 Å². The second-order valence-electron chi connectivity index (χ2n) is 8.39. The summed E-state index contributed by atoms with van der Waals surface area (Å²) in [4.78, 5) is 53.1. The average molecular weight is 528 g/mol. The van der Waals surface area contributed by atoms with Crippen molar-refractivity contribution in [3.05, 3.63) is 84.5 Å². The molecule has 13 heteroatoms. The summed E-state index contributed by atoms with van der Waals surface area (Å²) in [6, 6.07) is 5.83. The number of ether oxygens (including phenoxy) is 4. The van der Waals surface area contributed by atoms with Gasteiger partial charge in [-0.1, -0.05) is 22.8 Å². The van der Waals surface area contributed by atoms with Crippen molar-refractivity contribution in [1.82, 2.24) is 9.13 Å². The van der Waals surface area contributed by atoms with E-state index in [4.69, 9.17) is 18.9 Å². The number of esters is 2. The number of carbonyl (C=O) groups is 2. The molecule has 1 aliphatic heterocycles. The minimum absolute atomic E-state index is 0.124. The van der Waals surface area contributed by atoms with Crippen LogP contribution in [-0.4, -0.2) is 59.1 Å². The third-order valence-electron chi connectivity index (χ3n) is 5.76. The number of aryl methyl sites for hydroxylation is 2. The van der Waals surface area contributed by atoms with E-state index in [0.29, 0.717) is 5.56 Å². The highest BCUT2D eigenvalue weighted by atomic mass is 16.6. The molecule has 2 aromatic rings. The fraction of sp³-hybridized carbons (Fsp3) is 0.440. The minimum Gasteiger partial charge on any atom is -0.463 e. The summed E-state index contributed by atoms with van der Waals surface area (Å²) >= 11 is 0. The Morgan fingerprint density at radius 3 is 2.47 bits per heavy atom. The van der Waals surface area contributed by atoms with Gasteiger partial charge in [-0.2, -0.15) is 0 Å². The highest BCUT2D eigenvalue weighted by Crippen LogP contribution is 2.33. The fourth-order valence-corrected chi connectivity index (χ4v) is 3.94. The molecular formula is C25H29N5O8. The lowest BCUT2D eigenvalue weighted by Gasteiger charge is -2.23. The largest absolute Gasteiger partial charge is 0.463 e. The number of aromatic nitrogens is 2. The molecule has 0 aliphatic carbocycles. The fourth-order valence-electron chi connectivity index (χ4n) is 3.94. The first kappa shape index (κ1) is 28.4. The Morgan fingerprint density at radius 2 is 1.84 bits per heavy atom. The maximum atomic E-state index is 13.3. The molecule has 1 fully saturated rings. The maximum Gasteiger partial charge on any atom is 0.338 e. The summed E-state index contributed by atoms with van der Waals surface area (Å²) in [5.41, 5.74) is 9.20. The Kier molecular flexibility index (Phi) is 9.61. The molecule has 0 spiro atoms. The number of carbonyl (C=O) groups excluding carboxylic acids is 2. The molecule has 4 atom stereocenters. The van der Waals surface area contributed by atoms with Crippen LogP contribution in [0.5, 0.6) is 0 Å². The molecule has 0 saturated carbocycles. The van der Waals surface area contributed by atoms with E-state index in [-0.39, 0.29) is 25.4 Å². The molecular weight excluding hydrogens is 498 g/mol. The summed E-state index contributed by atoms with van der Waals surface area (Å²) in [6.45, 7) is 6.74. The van der Waals surface area contributed by atoms with Gasteiger partial charge in [-0.05, 0) is 45.4 Å². The Morgan fingerprint density at radius 1 is 1.13 bits per heavy atom. The molecule has 38 heavy (non-hydrogen) atoms. The van der Waals surface area contributed by atoms with Crippen LogP contribution in [0.3, 0.4) is 0 Å². The van der Waals surface area contributed by atoms with Gasteiger partial charge in [-0.3, -0.25) is 9.36 Å². The van der Waals surface area contributed by atoms with E-state index >= 15 is 0 Å². The van der Waals surface area contributed by atoms with Gasteiger partial charge in [-0.25, -0.2) is 19.0 Å². The van der Waals surface area contributed by atoms with Crippen LogP contribution in [0.25, 0.3) is 16.6 Å². The minimum atomic E-state index is -1.14. The summed E-state index contributed by atoms with van der Waals surface area (Å²) in [6.07, 6.45) is 0.233. The molecule has 202 valence electrons. The Labute approximate surface area is 217 Å². The van der Waals surface area contributed by atoms with Gasteiger partial charge in [0.05, 0.1) is 18.2 Å². The molecule has 0 bridgehead atoms. The number of hydrogen-bond donors (Lipinski definition) is 0. The predicted octanol–water partition coefficient (Wildman–Crippen LogP) is 2.50. The third-order valence-corrected chi connectivity index (χ3v) is 5.76. The topological polar surface area (TPSA) is 164 Å². The number of benzene rings is 1. The molecule has 1 saturated heterocycles. The highest BCUT2D eigenvalue weighted by molar-refractivity contribution is 5.89. The van der Waals surface area contributed by atoms with E-state index < -0.39 is 47.7 Å². The van der Waals surface area contributed by atoms with Gasteiger partial charge < -0.3 is 18.9 Å². The molecule has 2 heterocycles. The van der Waals surface area contributed by atoms with Crippen molar-refractivity contribution < 1.29 is 28.5 Å². The lowest BCUT2D eigenvalue weighted by atomic mass is 10.1. The van der Waals surface area contributed by atoms with Gasteiger partial charge >= 0.3 is 17.6 Å². The van der Waals surface area contributed by atoms with E-state index in [1.165, 1.54) is 13.1 Å². The van der Waals surface area contributed by atoms with Crippen LogP contribution < -0.4 is 11.2 Å². The summed E-state index contributed by atoms with van der Waals surface area (Å²) in [7, 11) is 0. The van der Waals surface area contributed by atoms with Crippen LogP contribution in [0.1, 0.15) is 41.6 Å². The third kappa shape index (κ3) is 6.38. The summed E-state index contributed by atoms with van der Waals surface area (Å²) in [5.74, 6) is -1.33. The van der Waals surface area contributed by atoms with Crippen molar-refractivity contribution >= 4 is 18.1 Å². The first-order valence-corrected chi connectivity index (χ1v) is 12.0. The van der Waals surface area contributed by atoms with Gasteiger partial charge in [0.15, 0.2) is 6.23 Å². The SMILES string of the molecule is CCOC(=O)/C=C/n1c(=O)c(C)cn([C@@H]2O[C@H](COC(=O)c3ccc(C)cc3)C(N=[N+]=[N-])[C@H]2OCC)c1=O. The first-order chi connectivity index (χ1) is 18.2. The zero-order chi connectivity index (χ0) is 27.8. The van der Waals surface area contributed by atoms with E-state index in [1.54, 1.807) is 38.1 Å². The van der Waals surface area contributed by atoms with Crippen LogP contribution in [0.4, 0.5) is 0 Å². The van der Waals surface area contributed by atoms with Gasteiger partial charge in [0.2, 0.25) is 0 Å². The van der Waals surface area contributed by atoms with Crippen molar-refractivity contribution in [3.63, 3.8) is 0 Å².